The molecule has 0 fully saturated rings. The number of carbonyl (C=O) groups is 1. The van der Waals surface area contributed by atoms with Crippen LogP contribution in [0.1, 0.15) is 200 Å². The summed E-state index contributed by atoms with van der Waals surface area (Å²) >= 11 is 0. The van der Waals surface area contributed by atoms with Crippen LogP contribution in [0.4, 0.5) is 0 Å². The Balaban J connectivity index is 3.66. The van der Waals surface area contributed by atoms with Crippen molar-refractivity contribution in [1.29, 1.82) is 0 Å². The highest BCUT2D eigenvalue weighted by atomic mass is 16.3. The van der Waals surface area contributed by atoms with Crippen molar-refractivity contribution in [3.63, 3.8) is 0 Å². The molecule has 0 aliphatic carbocycles. The molecule has 0 bridgehead atoms. The van der Waals surface area contributed by atoms with Crippen LogP contribution in [-0.4, -0.2) is 46.1 Å². The zero-order valence-corrected chi connectivity index (χ0v) is 30.0. The molecule has 4 N–H and O–H groups in total. The number of unbranched alkanes of at least 4 members (excludes halogenated alkanes) is 23. The van der Waals surface area contributed by atoms with Crippen molar-refractivity contribution in [3.8, 4) is 0 Å². The first-order chi connectivity index (χ1) is 22.1. The zero-order valence-electron chi connectivity index (χ0n) is 30.0. The van der Waals surface area contributed by atoms with Gasteiger partial charge in [0.2, 0.25) is 5.91 Å². The summed E-state index contributed by atoms with van der Waals surface area (Å²) in [6, 6.07) is -0.828. The van der Waals surface area contributed by atoms with Gasteiger partial charge in [0.15, 0.2) is 0 Å². The topological polar surface area (TPSA) is 89.8 Å². The lowest BCUT2D eigenvalue weighted by Gasteiger charge is -2.26. The molecule has 0 saturated carbocycles. The summed E-state index contributed by atoms with van der Waals surface area (Å²) in [6.45, 7) is 4.11. The Morgan fingerprint density at radius 1 is 0.533 bits per heavy atom. The molecule has 0 aliphatic heterocycles. The van der Waals surface area contributed by atoms with Gasteiger partial charge in [-0.15, -0.1) is 0 Å². The minimum absolute atomic E-state index is 0.170. The van der Waals surface area contributed by atoms with Gasteiger partial charge in [-0.3, -0.25) is 4.79 Å². The van der Waals surface area contributed by atoms with E-state index in [0.29, 0.717) is 12.8 Å². The van der Waals surface area contributed by atoms with Crippen molar-refractivity contribution in [3.05, 3.63) is 24.3 Å². The van der Waals surface area contributed by atoms with E-state index in [2.05, 4.69) is 43.5 Å². The van der Waals surface area contributed by atoms with Crippen LogP contribution in [0.2, 0.25) is 0 Å². The van der Waals surface area contributed by atoms with Crippen LogP contribution in [0.15, 0.2) is 24.3 Å². The molecule has 266 valence electrons. The first kappa shape index (κ1) is 43.8. The standard InChI is InChI=1S/C40H77NO4/c1-3-5-7-9-11-13-15-16-17-18-19-20-21-22-23-24-25-26-28-30-32-34-38(43)40(45)37(36-42)41-39(44)35-33-31-29-27-14-12-10-8-6-4-2/h10,12,26,28,37-38,40,42-43,45H,3-9,11,13-25,27,29-36H2,1-2H3,(H,41,44)/b12-10-,28-26+. The van der Waals surface area contributed by atoms with Crippen LogP contribution < -0.4 is 5.32 Å². The number of aliphatic hydroxyl groups excluding tert-OH is 3. The van der Waals surface area contributed by atoms with Crippen LogP contribution in [0.25, 0.3) is 0 Å². The Hall–Kier alpha value is -1.17. The fourth-order valence-corrected chi connectivity index (χ4v) is 5.91. The van der Waals surface area contributed by atoms with Gasteiger partial charge in [0.1, 0.15) is 6.10 Å². The van der Waals surface area contributed by atoms with E-state index in [4.69, 9.17) is 0 Å². The van der Waals surface area contributed by atoms with Gasteiger partial charge in [-0.2, -0.15) is 0 Å². The van der Waals surface area contributed by atoms with Gasteiger partial charge >= 0.3 is 0 Å². The number of aliphatic hydroxyl groups is 3. The predicted octanol–water partition coefficient (Wildman–Crippen LogP) is 10.7. The number of allylic oxidation sites excluding steroid dienone is 4. The second-order valence-corrected chi connectivity index (χ2v) is 13.5. The average molecular weight is 636 g/mol. The number of rotatable bonds is 35. The maximum atomic E-state index is 12.3. The van der Waals surface area contributed by atoms with Gasteiger partial charge in [0.25, 0.3) is 0 Å². The lowest BCUT2D eigenvalue weighted by molar-refractivity contribution is -0.124. The number of carbonyl (C=O) groups excluding carboxylic acids is 1. The molecule has 5 nitrogen and oxygen atoms in total. The zero-order chi connectivity index (χ0) is 33.1. The summed E-state index contributed by atoms with van der Waals surface area (Å²) in [5.74, 6) is -0.170. The van der Waals surface area contributed by atoms with Gasteiger partial charge < -0.3 is 20.6 Å². The van der Waals surface area contributed by atoms with E-state index in [1.807, 2.05) is 0 Å². The largest absolute Gasteiger partial charge is 0.394 e. The van der Waals surface area contributed by atoms with Crippen LogP contribution >= 0.6 is 0 Å². The van der Waals surface area contributed by atoms with Crippen molar-refractivity contribution < 1.29 is 20.1 Å². The molecule has 0 aromatic heterocycles. The van der Waals surface area contributed by atoms with Crippen molar-refractivity contribution in [2.75, 3.05) is 6.61 Å². The minimum atomic E-state index is -1.16. The van der Waals surface area contributed by atoms with Gasteiger partial charge in [0, 0.05) is 6.42 Å². The Labute approximate surface area is 280 Å². The lowest BCUT2D eigenvalue weighted by Crippen LogP contribution is -2.50. The Bertz CT molecular complexity index is 665. The third-order valence-electron chi connectivity index (χ3n) is 9.03. The van der Waals surface area contributed by atoms with Gasteiger partial charge in [-0.05, 0) is 57.8 Å². The SMILES string of the molecule is CCCC/C=C\CCCCCCC(=O)NC(CO)C(O)C(O)CCC/C=C/CCCCCCCCCCCCCCCCCC. The Kier molecular flexibility index (Phi) is 34.8. The maximum absolute atomic E-state index is 12.3. The summed E-state index contributed by atoms with van der Waals surface area (Å²) in [4.78, 5) is 12.3. The van der Waals surface area contributed by atoms with E-state index in [1.165, 1.54) is 122 Å². The molecule has 0 aliphatic rings. The molecule has 0 heterocycles. The summed E-state index contributed by atoms with van der Waals surface area (Å²) in [5, 5.41) is 33.3. The normalized spacial score (nSPS) is 14.0. The monoisotopic (exact) mass is 636 g/mol. The summed E-state index contributed by atoms with van der Waals surface area (Å²) < 4.78 is 0. The van der Waals surface area contributed by atoms with Crippen LogP contribution in [0, 0.1) is 0 Å². The first-order valence-corrected chi connectivity index (χ1v) is 19.6. The molecule has 0 saturated heterocycles. The molecule has 0 aromatic rings. The first-order valence-electron chi connectivity index (χ1n) is 19.6. The molecule has 3 unspecified atom stereocenters. The Morgan fingerprint density at radius 2 is 0.911 bits per heavy atom. The van der Waals surface area contributed by atoms with Gasteiger partial charge in [0.05, 0.1) is 18.8 Å². The Morgan fingerprint density at radius 3 is 1.36 bits per heavy atom. The molecule has 1 amide bonds. The predicted molar refractivity (Wildman–Crippen MR) is 195 cm³/mol. The second-order valence-electron chi connectivity index (χ2n) is 13.5. The van der Waals surface area contributed by atoms with Crippen LogP contribution in [0.3, 0.4) is 0 Å². The highest BCUT2D eigenvalue weighted by Crippen LogP contribution is 2.15. The number of hydrogen-bond acceptors (Lipinski definition) is 4. The third-order valence-corrected chi connectivity index (χ3v) is 9.03. The van der Waals surface area contributed by atoms with Crippen molar-refractivity contribution in [1.82, 2.24) is 5.32 Å². The highest BCUT2D eigenvalue weighted by molar-refractivity contribution is 5.76. The van der Waals surface area contributed by atoms with Crippen molar-refractivity contribution in [2.45, 2.75) is 218 Å². The molecular weight excluding hydrogens is 558 g/mol. The molecular formula is C40H77NO4. The van der Waals surface area contributed by atoms with E-state index in [0.717, 1.165) is 51.4 Å². The third kappa shape index (κ3) is 31.2. The average Bonchev–Trinajstić information content (AvgIpc) is 3.04. The van der Waals surface area contributed by atoms with E-state index in [-0.39, 0.29) is 12.5 Å². The lowest BCUT2D eigenvalue weighted by atomic mass is 10.0. The summed E-state index contributed by atoms with van der Waals surface area (Å²) in [7, 11) is 0. The molecule has 0 aromatic carbocycles. The molecule has 3 atom stereocenters. The van der Waals surface area contributed by atoms with Crippen molar-refractivity contribution >= 4 is 5.91 Å². The molecule has 5 heteroatoms. The molecule has 0 radical (unpaired) electrons. The summed E-state index contributed by atoms with van der Waals surface area (Å²) in [5.41, 5.74) is 0. The van der Waals surface area contributed by atoms with Gasteiger partial charge in [-0.1, -0.05) is 160 Å². The molecule has 0 spiro atoms. The smallest absolute Gasteiger partial charge is 0.220 e. The summed E-state index contributed by atoms with van der Waals surface area (Å²) in [6.07, 6.45) is 41.5. The van der Waals surface area contributed by atoms with Crippen molar-refractivity contribution in [2.24, 2.45) is 0 Å². The van der Waals surface area contributed by atoms with E-state index in [1.54, 1.807) is 0 Å². The van der Waals surface area contributed by atoms with Crippen LogP contribution in [-0.2, 0) is 4.79 Å². The van der Waals surface area contributed by atoms with Crippen LogP contribution in [0.5, 0.6) is 0 Å². The van der Waals surface area contributed by atoms with E-state index < -0.39 is 18.2 Å². The number of hydrogen-bond donors (Lipinski definition) is 4. The fourth-order valence-electron chi connectivity index (χ4n) is 5.91. The van der Waals surface area contributed by atoms with E-state index in [9.17, 15) is 20.1 Å². The number of nitrogens with one attached hydrogen (secondary N) is 1. The maximum Gasteiger partial charge on any atom is 0.220 e. The number of amides is 1. The molecule has 45 heavy (non-hydrogen) atoms. The fraction of sp³-hybridized carbons (Fsp3) is 0.875. The minimum Gasteiger partial charge on any atom is -0.394 e. The molecule has 0 rings (SSSR count). The van der Waals surface area contributed by atoms with E-state index >= 15 is 0 Å². The van der Waals surface area contributed by atoms with Gasteiger partial charge in [-0.25, -0.2) is 0 Å². The second kappa shape index (κ2) is 35.7. The highest BCUT2D eigenvalue weighted by Gasteiger charge is 2.26. The quantitative estimate of drug-likeness (QED) is 0.0412.